The van der Waals surface area contributed by atoms with E-state index >= 15 is 0 Å². The Balaban J connectivity index is 2.15. The number of hydrogen-bond acceptors (Lipinski definition) is 5. The van der Waals surface area contributed by atoms with E-state index in [1.54, 1.807) is 31.3 Å². The molecule has 6 nitrogen and oxygen atoms in total. The summed E-state index contributed by atoms with van der Waals surface area (Å²) < 4.78 is 5.55. The molecule has 1 atom stereocenters. The number of ether oxygens (including phenoxy) is 1. The van der Waals surface area contributed by atoms with Crippen molar-refractivity contribution in [2.24, 2.45) is 5.73 Å². The van der Waals surface area contributed by atoms with Gasteiger partial charge >= 0.3 is 0 Å². The maximum atomic E-state index is 13.3. The molecule has 0 saturated heterocycles. The Labute approximate surface area is 138 Å². The fourth-order valence-electron chi connectivity index (χ4n) is 4.04. The van der Waals surface area contributed by atoms with Gasteiger partial charge in [0, 0.05) is 30.3 Å². The Morgan fingerprint density at radius 3 is 2.79 bits per heavy atom. The van der Waals surface area contributed by atoms with Gasteiger partial charge in [0.1, 0.15) is 22.8 Å². The lowest BCUT2D eigenvalue weighted by atomic mass is 9.65. The molecule has 1 aromatic carbocycles. The third kappa shape index (κ3) is 1.49. The summed E-state index contributed by atoms with van der Waals surface area (Å²) >= 11 is 0. The third-order valence-corrected chi connectivity index (χ3v) is 5.03. The fraction of sp³-hybridized carbons (Fsp3) is 0.278. The third-order valence-electron chi connectivity index (χ3n) is 5.03. The van der Waals surface area contributed by atoms with Crippen LogP contribution in [0.1, 0.15) is 24.8 Å². The van der Waals surface area contributed by atoms with Gasteiger partial charge in [-0.05, 0) is 18.9 Å². The van der Waals surface area contributed by atoms with Crippen LogP contribution in [0.25, 0.3) is 0 Å². The van der Waals surface area contributed by atoms with E-state index in [2.05, 4.69) is 0 Å². The first kappa shape index (κ1) is 14.5. The number of rotatable bonds is 0. The molecule has 0 saturated carbocycles. The van der Waals surface area contributed by atoms with Crippen molar-refractivity contribution in [1.29, 1.82) is 5.26 Å². The molecule has 120 valence electrons. The van der Waals surface area contributed by atoms with Crippen LogP contribution in [-0.4, -0.2) is 23.6 Å². The Kier molecular flexibility index (Phi) is 2.85. The van der Waals surface area contributed by atoms with Crippen LogP contribution in [0.3, 0.4) is 0 Å². The molecule has 3 aliphatic rings. The molecule has 0 fully saturated rings. The number of likely N-dealkylation sites (N-methyl/N-ethyl adjacent to an activating group) is 1. The summed E-state index contributed by atoms with van der Waals surface area (Å²) in [7, 11) is 1.65. The minimum absolute atomic E-state index is 0.00157. The van der Waals surface area contributed by atoms with E-state index in [0.717, 1.165) is 0 Å². The van der Waals surface area contributed by atoms with Crippen LogP contribution in [0.15, 0.2) is 47.0 Å². The standard InChI is InChI=1S/C18H15N3O3/c1-21-12-6-4-7-13(22)15(12)18(17(21)23)10-5-2-3-8-14(10)24-16(20)11(18)9-19/h2-3,5,8H,4,6-7,20H2,1H3/t18-/m1/s1. The molecule has 1 amide bonds. The van der Waals surface area contributed by atoms with E-state index in [-0.39, 0.29) is 23.1 Å². The number of hydrogen-bond donors (Lipinski definition) is 1. The summed E-state index contributed by atoms with van der Waals surface area (Å²) in [5.41, 5.74) is 6.07. The van der Waals surface area contributed by atoms with Crippen LogP contribution in [-0.2, 0) is 15.0 Å². The molecule has 2 aliphatic heterocycles. The Morgan fingerprint density at radius 1 is 1.29 bits per heavy atom. The number of allylic oxidation sites excluding steroid dienone is 1. The number of nitriles is 1. The van der Waals surface area contributed by atoms with Crippen LogP contribution in [0.4, 0.5) is 0 Å². The number of carbonyl (C=O) groups is 2. The summed E-state index contributed by atoms with van der Waals surface area (Å²) in [6, 6.07) is 8.97. The Morgan fingerprint density at radius 2 is 2.04 bits per heavy atom. The maximum absolute atomic E-state index is 13.3. The SMILES string of the molecule is CN1C(=O)[C@]2(C(C#N)=C(N)Oc3ccccc32)C2=C1CCCC2=O. The largest absolute Gasteiger partial charge is 0.440 e. The zero-order valence-electron chi connectivity index (χ0n) is 13.1. The van der Waals surface area contributed by atoms with Gasteiger partial charge in [-0.2, -0.15) is 5.26 Å². The van der Waals surface area contributed by atoms with E-state index in [9.17, 15) is 14.9 Å². The molecule has 2 heterocycles. The first-order chi connectivity index (χ1) is 11.5. The van der Waals surface area contributed by atoms with Gasteiger partial charge in [-0.1, -0.05) is 18.2 Å². The minimum atomic E-state index is -1.48. The van der Waals surface area contributed by atoms with Crippen LogP contribution in [0.2, 0.25) is 0 Å². The number of ketones is 1. The number of fused-ring (bicyclic) bond motifs is 3. The summed E-state index contributed by atoms with van der Waals surface area (Å²) in [5, 5.41) is 9.72. The van der Waals surface area contributed by atoms with Crippen molar-refractivity contribution in [1.82, 2.24) is 4.90 Å². The highest BCUT2D eigenvalue weighted by Gasteiger charge is 2.61. The maximum Gasteiger partial charge on any atom is 0.247 e. The zero-order chi connectivity index (χ0) is 17.1. The van der Waals surface area contributed by atoms with Gasteiger partial charge in [0.2, 0.25) is 11.8 Å². The molecule has 1 aromatic rings. The van der Waals surface area contributed by atoms with Gasteiger partial charge in [0.05, 0.1) is 0 Å². The number of Topliss-reactive ketones (excluding diaryl/α,β-unsaturated/α-hetero) is 1. The zero-order valence-corrected chi connectivity index (χ0v) is 13.1. The molecular weight excluding hydrogens is 306 g/mol. The number of carbonyl (C=O) groups excluding carboxylic acids is 2. The van der Waals surface area contributed by atoms with Crippen LogP contribution in [0.5, 0.6) is 5.75 Å². The molecule has 1 aliphatic carbocycles. The van der Waals surface area contributed by atoms with E-state index < -0.39 is 5.41 Å². The van der Waals surface area contributed by atoms with E-state index in [0.29, 0.717) is 41.8 Å². The van der Waals surface area contributed by atoms with Gasteiger partial charge in [-0.3, -0.25) is 9.59 Å². The van der Waals surface area contributed by atoms with Crippen molar-refractivity contribution >= 4 is 11.7 Å². The Bertz CT molecular complexity index is 906. The van der Waals surface area contributed by atoms with E-state index in [4.69, 9.17) is 10.5 Å². The van der Waals surface area contributed by atoms with Gasteiger partial charge in [0.15, 0.2) is 5.78 Å². The van der Waals surface area contributed by atoms with Gasteiger partial charge in [-0.15, -0.1) is 0 Å². The lowest BCUT2D eigenvalue weighted by molar-refractivity contribution is -0.130. The smallest absolute Gasteiger partial charge is 0.247 e. The quantitative estimate of drug-likeness (QED) is 0.781. The summed E-state index contributed by atoms with van der Waals surface area (Å²) in [6.45, 7) is 0. The van der Waals surface area contributed by atoms with E-state index in [1.165, 1.54) is 4.90 Å². The lowest BCUT2D eigenvalue weighted by Crippen LogP contribution is -2.46. The number of para-hydroxylation sites is 1. The average Bonchev–Trinajstić information content (AvgIpc) is 2.80. The van der Waals surface area contributed by atoms with Gasteiger partial charge in [0.25, 0.3) is 0 Å². The highest BCUT2D eigenvalue weighted by atomic mass is 16.5. The molecule has 1 spiro atoms. The minimum Gasteiger partial charge on any atom is -0.440 e. The van der Waals surface area contributed by atoms with Crippen molar-refractivity contribution in [2.45, 2.75) is 24.7 Å². The fourth-order valence-corrected chi connectivity index (χ4v) is 4.04. The number of benzene rings is 1. The van der Waals surface area contributed by atoms with Crippen molar-refractivity contribution in [3.05, 3.63) is 52.6 Å². The molecular formula is C18H15N3O3. The molecule has 0 bridgehead atoms. The number of nitrogens with zero attached hydrogens (tertiary/aromatic N) is 2. The molecule has 0 unspecified atom stereocenters. The second kappa shape index (κ2) is 4.71. The highest BCUT2D eigenvalue weighted by molar-refractivity contribution is 6.15. The monoisotopic (exact) mass is 321 g/mol. The number of nitrogens with two attached hydrogens (primary N) is 1. The number of amides is 1. The van der Waals surface area contributed by atoms with Crippen molar-refractivity contribution in [2.75, 3.05) is 7.05 Å². The first-order valence-corrected chi connectivity index (χ1v) is 7.76. The normalized spacial score (nSPS) is 25.6. The van der Waals surface area contributed by atoms with Gasteiger partial charge < -0.3 is 15.4 Å². The highest BCUT2D eigenvalue weighted by Crippen LogP contribution is 2.55. The molecule has 24 heavy (non-hydrogen) atoms. The second-order valence-corrected chi connectivity index (χ2v) is 6.16. The van der Waals surface area contributed by atoms with Crippen molar-refractivity contribution in [3.63, 3.8) is 0 Å². The Hall–Kier alpha value is -3.07. The van der Waals surface area contributed by atoms with Crippen molar-refractivity contribution in [3.8, 4) is 11.8 Å². The second-order valence-electron chi connectivity index (χ2n) is 6.16. The average molecular weight is 321 g/mol. The molecule has 4 rings (SSSR count). The van der Waals surface area contributed by atoms with Crippen molar-refractivity contribution < 1.29 is 14.3 Å². The molecule has 2 N–H and O–H groups in total. The first-order valence-electron chi connectivity index (χ1n) is 7.76. The summed E-state index contributed by atoms with van der Waals surface area (Å²) in [6.07, 6.45) is 1.70. The predicted molar refractivity (Wildman–Crippen MR) is 84.2 cm³/mol. The molecule has 0 aromatic heterocycles. The summed E-state index contributed by atoms with van der Waals surface area (Å²) in [5.74, 6) is -0.142. The molecule has 0 radical (unpaired) electrons. The van der Waals surface area contributed by atoms with E-state index in [1.807, 2.05) is 6.07 Å². The lowest BCUT2D eigenvalue weighted by Gasteiger charge is -2.35. The van der Waals surface area contributed by atoms with Crippen LogP contribution in [0, 0.1) is 11.3 Å². The van der Waals surface area contributed by atoms with Crippen LogP contribution < -0.4 is 10.5 Å². The van der Waals surface area contributed by atoms with Crippen LogP contribution >= 0.6 is 0 Å². The van der Waals surface area contributed by atoms with Gasteiger partial charge in [-0.25, -0.2) is 0 Å². The topological polar surface area (TPSA) is 96.4 Å². The summed E-state index contributed by atoms with van der Waals surface area (Å²) in [4.78, 5) is 27.6. The molecule has 6 heteroatoms. The predicted octanol–water partition coefficient (Wildman–Crippen LogP) is 1.49.